The Kier molecular flexibility index (Phi) is 5.68. The number of nitrogens with one attached hydrogen (secondary N) is 1. The summed E-state index contributed by atoms with van der Waals surface area (Å²) in [5.41, 5.74) is 0.995. The molecule has 5 nitrogen and oxygen atoms in total. The van der Waals surface area contributed by atoms with E-state index in [1.807, 2.05) is 13.8 Å². The average molecular weight is 375 g/mol. The molecular weight excluding hydrogens is 353 g/mol. The molecule has 0 aliphatic rings. The number of rotatable bonds is 7. The molecule has 0 unspecified atom stereocenters. The first kappa shape index (κ1) is 18.5. The Bertz CT molecular complexity index is 917. The van der Waals surface area contributed by atoms with Crippen LogP contribution < -0.4 is 5.32 Å². The van der Waals surface area contributed by atoms with Crippen LogP contribution in [-0.2, 0) is 11.8 Å². The molecule has 0 aliphatic carbocycles. The summed E-state index contributed by atoms with van der Waals surface area (Å²) in [5, 5.41) is 8.11. The van der Waals surface area contributed by atoms with Crippen LogP contribution in [0.25, 0.3) is 21.5 Å². The van der Waals surface area contributed by atoms with Crippen molar-refractivity contribution < 1.29 is 13.9 Å². The Hall–Kier alpha value is -2.25. The maximum absolute atomic E-state index is 14.1. The van der Waals surface area contributed by atoms with E-state index < -0.39 is 0 Å². The number of hydrogen-bond donors (Lipinski definition) is 1. The van der Waals surface area contributed by atoms with E-state index in [-0.39, 0.29) is 17.8 Å². The fraction of sp³-hybridized carbons (Fsp3) is 0.368. The fourth-order valence-corrected chi connectivity index (χ4v) is 3.67. The van der Waals surface area contributed by atoms with Gasteiger partial charge in [-0.25, -0.2) is 4.39 Å². The van der Waals surface area contributed by atoms with Gasteiger partial charge in [0.15, 0.2) is 0 Å². The minimum Gasteiger partial charge on any atom is -0.379 e. The second kappa shape index (κ2) is 7.97. The number of hydrogen-bond acceptors (Lipinski definition) is 4. The molecule has 3 rings (SSSR count). The lowest BCUT2D eigenvalue weighted by molar-refractivity contribution is 0.0757. The first-order valence-corrected chi connectivity index (χ1v) is 9.40. The molecule has 0 bridgehead atoms. The number of amides is 1. The van der Waals surface area contributed by atoms with Crippen LogP contribution in [0.3, 0.4) is 0 Å². The van der Waals surface area contributed by atoms with E-state index in [1.165, 1.54) is 17.4 Å². The number of thiophene rings is 1. The molecule has 7 heteroatoms. The van der Waals surface area contributed by atoms with Gasteiger partial charge >= 0.3 is 0 Å². The molecule has 138 valence electrons. The highest BCUT2D eigenvalue weighted by atomic mass is 32.1. The van der Waals surface area contributed by atoms with Gasteiger partial charge in [-0.3, -0.25) is 9.48 Å². The molecule has 1 N–H and O–H groups in total. The fourth-order valence-electron chi connectivity index (χ4n) is 2.69. The molecule has 0 spiro atoms. The van der Waals surface area contributed by atoms with E-state index in [0.717, 1.165) is 16.6 Å². The predicted octanol–water partition coefficient (Wildman–Crippen LogP) is 3.99. The summed E-state index contributed by atoms with van der Waals surface area (Å²) in [5.74, 6) is -0.454. The van der Waals surface area contributed by atoms with E-state index in [0.29, 0.717) is 29.3 Å². The van der Waals surface area contributed by atoms with E-state index in [1.54, 1.807) is 36.0 Å². The molecule has 0 saturated carbocycles. The molecule has 3 aromatic rings. The highest BCUT2D eigenvalue weighted by Gasteiger charge is 2.19. The first-order valence-electron chi connectivity index (χ1n) is 8.58. The highest BCUT2D eigenvalue weighted by Crippen LogP contribution is 2.34. The van der Waals surface area contributed by atoms with Crippen molar-refractivity contribution in [2.24, 2.45) is 7.05 Å². The average Bonchev–Trinajstić information content (AvgIpc) is 3.16. The Morgan fingerprint density at radius 2 is 2.15 bits per heavy atom. The van der Waals surface area contributed by atoms with Crippen LogP contribution in [0.5, 0.6) is 0 Å². The summed E-state index contributed by atoms with van der Waals surface area (Å²) >= 11 is 1.36. The van der Waals surface area contributed by atoms with Crippen molar-refractivity contribution in [2.75, 3.05) is 13.2 Å². The number of ether oxygens (including phenoxy) is 1. The quantitative estimate of drug-likeness (QED) is 0.636. The summed E-state index contributed by atoms with van der Waals surface area (Å²) in [7, 11) is 1.80. The van der Waals surface area contributed by atoms with Crippen molar-refractivity contribution >= 4 is 27.5 Å². The highest BCUT2D eigenvalue weighted by molar-refractivity contribution is 7.20. The van der Waals surface area contributed by atoms with E-state index in [9.17, 15) is 9.18 Å². The summed E-state index contributed by atoms with van der Waals surface area (Å²) in [6, 6.07) is 8.32. The van der Waals surface area contributed by atoms with Gasteiger partial charge in [0.05, 0.1) is 11.0 Å². The van der Waals surface area contributed by atoms with Crippen molar-refractivity contribution in [2.45, 2.75) is 26.4 Å². The molecule has 2 aromatic heterocycles. The van der Waals surface area contributed by atoms with Crippen LogP contribution in [0.4, 0.5) is 4.39 Å². The van der Waals surface area contributed by atoms with Crippen LogP contribution in [-0.4, -0.2) is 34.9 Å². The van der Waals surface area contributed by atoms with Gasteiger partial charge in [-0.15, -0.1) is 11.3 Å². The number of aromatic nitrogens is 2. The second-order valence-electron chi connectivity index (χ2n) is 6.31. The third-order valence-corrected chi connectivity index (χ3v) is 5.12. The third kappa shape index (κ3) is 3.94. The summed E-state index contributed by atoms with van der Waals surface area (Å²) in [4.78, 5) is 13.8. The molecule has 2 heterocycles. The normalized spacial score (nSPS) is 11.4. The van der Waals surface area contributed by atoms with Crippen LogP contribution in [0.15, 0.2) is 30.3 Å². The van der Waals surface area contributed by atoms with Crippen LogP contribution in [0.1, 0.15) is 29.9 Å². The molecular formula is C19H22FN3O2S. The maximum atomic E-state index is 14.1. The van der Waals surface area contributed by atoms with Crippen LogP contribution >= 0.6 is 11.3 Å². The molecule has 1 aromatic carbocycles. The number of benzene rings is 1. The van der Waals surface area contributed by atoms with Gasteiger partial charge in [0.25, 0.3) is 5.91 Å². The Labute approximate surface area is 155 Å². The number of nitrogens with zero attached hydrogens (tertiary/aromatic N) is 2. The van der Waals surface area contributed by atoms with Crippen molar-refractivity contribution in [3.05, 3.63) is 41.0 Å². The zero-order valence-electron chi connectivity index (χ0n) is 15.1. The third-order valence-electron chi connectivity index (χ3n) is 3.92. The van der Waals surface area contributed by atoms with Crippen molar-refractivity contribution in [1.82, 2.24) is 15.1 Å². The molecule has 0 atom stereocenters. The molecule has 0 saturated heterocycles. The number of fused-ring (bicyclic) bond motifs is 1. The van der Waals surface area contributed by atoms with Crippen LogP contribution in [0.2, 0.25) is 0 Å². The van der Waals surface area contributed by atoms with Gasteiger partial charge < -0.3 is 10.1 Å². The largest absolute Gasteiger partial charge is 0.379 e. The molecule has 0 radical (unpaired) electrons. The SMILES string of the molecule is CC(C)OCCCNC(=O)c1cc2c(-c3ccccc3F)nn(C)c2s1. The van der Waals surface area contributed by atoms with Gasteiger partial charge in [0.1, 0.15) is 16.3 Å². The smallest absolute Gasteiger partial charge is 0.261 e. The number of carbonyl (C=O) groups is 1. The van der Waals surface area contributed by atoms with E-state index in [2.05, 4.69) is 10.4 Å². The molecule has 26 heavy (non-hydrogen) atoms. The number of halogens is 1. The molecule has 1 amide bonds. The standard InChI is InChI=1S/C19H22FN3O2S/c1-12(2)25-10-6-9-21-18(24)16-11-14-17(22-23(3)19(14)26-16)13-7-4-5-8-15(13)20/h4-5,7-8,11-12H,6,9-10H2,1-3H3,(H,21,24). The lowest BCUT2D eigenvalue weighted by Gasteiger charge is -2.07. The van der Waals surface area contributed by atoms with Crippen LogP contribution in [0, 0.1) is 5.82 Å². The van der Waals surface area contributed by atoms with Gasteiger partial charge in [-0.1, -0.05) is 12.1 Å². The minimum absolute atomic E-state index is 0.129. The number of carbonyl (C=O) groups excluding carboxylic acids is 1. The Balaban J connectivity index is 1.76. The zero-order chi connectivity index (χ0) is 18.7. The lowest BCUT2D eigenvalue weighted by Crippen LogP contribution is -2.24. The van der Waals surface area contributed by atoms with E-state index in [4.69, 9.17) is 4.74 Å². The maximum Gasteiger partial charge on any atom is 0.261 e. The minimum atomic E-state index is -0.324. The Morgan fingerprint density at radius 1 is 1.38 bits per heavy atom. The van der Waals surface area contributed by atoms with Gasteiger partial charge in [0, 0.05) is 31.1 Å². The van der Waals surface area contributed by atoms with Crippen molar-refractivity contribution in [3.8, 4) is 11.3 Å². The van der Waals surface area contributed by atoms with E-state index >= 15 is 0 Å². The lowest BCUT2D eigenvalue weighted by atomic mass is 10.1. The van der Waals surface area contributed by atoms with Crippen molar-refractivity contribution in [3.63, 3.8) is 0 Å². The summed E-state index contributed by atoms with van der Waals surface area (Å²) in [6.07, 6.45) is 0.953. The summed E-state index contributed by atoms with van der Waals surface area (Å²) < 4.78 is 21.3. The van der Waals surface area contributed by atoms with Gasteiger partial charge in [0.2, 0.25) is 0 Å². The summed E-state index contributed by atoms with van der Waals surface area (Å²) in [6.45, 7) is 5.14. The molecule has 0 fully saturated rings. The number of aryl methyl sites for hydroxylation is 1. The van der Waals surface area contributed by atoms with Crippen molar-refractivity contribution in [1.29, 1.82) is 0 Å². The second-order valence-corrected chi connectivity index (χ2v) is 7.34. The Morgan fingerprint density at radius 3 is 2.88 bits per heavy atom. The molecule has 0 aliphatic heterocycles. The van der Waals surface area contributed by atoms with Gasteiger partial charge in [-0.2, -0.15) is 5.10 Å². The zero-order valence-corrected chi connectivity index (χ0v) is 15.9. The van der Waals surface area contributed by atoms with Gasteiger partial charge in [-0.05, 0) is 38.5 Å². The predicted molar refractivity (Wildman–Crippen MR) is 102 cm³/mol. The topological polar surface area (TPSA) is 56.1 Å². The first-order chi connectivity index (χ1) is 12.5. The monoisotopic (exact) mass is 375 g/mol.